The molecule has 0 N–H and O–H groups in total. The minimum atomic E-state index is -0.349. The number of likely N-dealkylation sites (tertiary alicyclic amines) is 1. The Morgan fingerprint density at radius 1 is 1.33 bits per heavy atom. The van der Waals surface area contributed by atoms with Gasteiger partial charge in [0.15, 0.2) is 11.6 Å². The molecule has 128 valence electrons. The van der Waals surface area contributed by atoms with Gasteiger partial charge in [-0.15, -0.1) is 0 Å². The van der Waals surface area contributed by atoms with E-state index in [2.05, 4.69) is 5.10 Å². The first-order chi connectivity index (χ1) is 11.6. The van der Waals surface area contributed by atoms with Crippen LogP contribution in [-0.2, 0) is 13.5 Å². The second-order valence-electron chi connectivity index (χ2n) is 6.04. The lowest BCUT2D eigenvalue weighted by Gasteiger charge is -2.32. The third-order valence-electron chi connectivity index (χ3n) is 4.37. The van der Waals surface area contributed by atoms with Gasteiger partial charge < -0.3 is 9.64 Å². The van der Waals surface area contributed by atoms with E-state index >= 15 is 0 Å². The van der Waals surface area contributed by atoms with Gasteiger partial charge in [0.1, 0.15) is 11.8 Å². The van der Waals surface area contributed by atoms with Crippen molar-refractivity contribution < 1.29 is 13.9 Å². The van der Waals surface area contributed by atoms with Crippen molar-refractivity contribution in [2.75, 3.05) is 13.1 Å². The molecular formula is C18H22FN3O2. The molecule has 1 aliphatic rings. The highest BCUT2D eigenvalue weighted by molar-refractivity contribution is 5.92. The zero-order valence-electron chi connectivity index (χ0n) is 14.0. The molecule has 0 aliphatic carbocycles. The average molecular weight is 331 g/mol. The van der Waals surface area contributed by atoms with Gasteiger partial charge in [-0.1, -0.05) is 19.1 Å². The first kappa shape index (κ1) is 16.5. The number of benzene rings is 1. The van der Waals surface area contributed by atoms with Gasteiger partial charge in [0.05, 0.1) is 5.69 Å². The van der Waals surface area contributed by atoms with Crippen LogP contribution in [0.4, 0.5) is 4.39 Å². The van der Waals surface area contributed by atoms with Crippen LogP contribution in [0.1, 0.15) is 35.9 Å². The molecule has 0 spiro atoms. The summed E-state index contributed by atoms with van der Waals surface area (Å²) in [5, 5.41) is 4.33. The molecule has 1 aromatic heterocycles. The van der Waals surface area contributed by atoms with E-state index in [1.807, 2.05) is 17.9 Å². The van der Waals surface area contributed by atoms with Crippen LogP contribution in [0, 0.1) is 5.82 Å². The average Bonchev–Trinajstić information content (AvgIpc) is 2.98. The number of halogens is 1. The maximum Gasteiger partial charge on any atom is 0.272 e. The zero-order valence-corrected chi connectivity index (χ0v) is 14.0. The summed E-state index contributed by atoms with van der Waals surface area (Å²) in [4.78, 5) is 14.5. The van der Waals surface area contributed by atoms with Gasteiger partial charge in [-0.25, -0.2) is 4.39 Å². The van der Waals surface area contributed by atoms with E-state index in [1.54, 1.807) is 29.9 Å². The first-order valence-electron chi connectivity index (χ1n) is 8.32. The molecule has 0 atom stereocenters. The number of piperidine rings is 1. The topological polar surface area (TPSA) is 47.4 Å². The smallest absolute Gasteiger partial charge is 0.272 e. The molecule has 1 saturated heterocycles. The van der Waals surface area contributed by atoms with Crippen LogP contribution in [0.25, 0.3) is 0 Å². The van der Waals surface area contributed by atoms with Crippen molar-refractivity contribution in [2.45, 2.75) is 32.3 Å². The van der Waals surface area contributed by atoms with E-state index in [-0.39, 0.29) is 23.6 Å². The number of carbonyl (C=O) groups excluding carboxylic acids is 1. The van der Waals surface area contributed by atoms with E-state index in [1.165, 1.54) is 6.07 Å². The second kappa shape index (κ2) is 7.03. The van der Waals surface area contributed by atoms with Crippen molar-refractivity contribution in [3.63, 3.8) is 0 Å². The Hall–Kier alpha value is -2.37. The van der Waals surface area contributed by atoms with Crippen molar-refractivity contribution in [3.05, 3.63) is 47.5 Å². The summed E-state index contributed by atoms with van der Waals surface area (Å²) in [5.41, 5.74) is 1.53. The number of aryl methyl sites for hydroxylation is 2. The molecule has 5 nitrogen and oxygen atoms in total. The van der Waals surface area contributed by atoms with E-state index in [4.69, 9.17) is 4.74 Å². The fourth-order valence-electron chi connectivity index (χ4n) is 2.96. The number of hydrogen-bond acceptors (Lipinski definition) is 3. The van der Waals surface area contributed by atoms with Gasteiger partial charge in [0.25, 0.3) is 5.91 Å². The van der Waals surface area contributed by atoms with Crippen molar-refractivity contribution in [3.8, 4) is 5.75 Å². The molecule has 24 heavy (non-hydrogen) atoms. The largest absolute Gasteiger partial charge is 0.487 e. The number of aromatic nitrogens is 2. The Bertz CT molecular complexity index is 721. The lowest BCUT2D eigenvalue weighted by atomic mass is 10.1. The highest BCUT2D eigenvalue weighted by atomic mass is 19.1. The second-order valence-corrected chi connectivity index (χ2v) is 6.04. The normalized spacial score (nSPS) is 15.5. The molecule has 1 amide bonds. The van der Waals surface area contributed by atoms with Crippen molar-refractivity contribution in [1.29, 1.82) is 0 Å². The SMILES string of the molecule is CCc1cc(C(=O)N2CCC(Oc3ccccc3F)CC2)n(C)n1. The summed E-state index contributed by atoms with van der Waals surface area (Å²) in [6, 6.07) is 8.27. The van der Waals surface area contributed by atoms with Crippen molar-refractivity contribution in [2.24, 2.45) is 7.05 Å². The quantitative estimate of drug-likeness (QED) is 0.865. The molecule has 0 saturated carbocycles. The van der Waals surface area contributed by atoms with E-state index in [0.717, 1.165) is 12.1 Å². The Balaban J connectivity index is 1.59. The Kier molecular flexibility index (Phi) is 4.83. The molecule has 1 fully saturated rings. The standard InChI is InChI=1S/C18H22FN3O2/c1-3-13-12-16(21(2)20-13)18(23)22-10-8-14(9-11-22)24-17-7-5-4-6-15(17)19/h4-7,12,14H,3,8-11H2,1-2H3. The number of ether oxygens (including phenoxy) is 1. The number of nitrogens with zero attached hydrogens (tertiary/aromatic N) is 3. The maximum atomic E-state index is 13.7. The molecule has 0 radical (unpaired) electrons. The Morgan fingerprint density at radius 3 is 2.67 bits per heavy atom. The minimum Gasteiger partial charge on any atom is -0.487 e. The summed E-state index contributed by atoms with van der Waals surface area (Å²) >= 11 is 0. The summed E-state index contributed by atoms with van der Waals surface area (Å²) in [6.45, 7) is 3.22. The highest BCUT2D eigenvalue weighted by Gasteiger charge is 2.27. The zero-order chi connectivity index (χ0) is 17.1. The number of amides is 1. The van der Waals surface area contributed by atoms with E-state index < -0.39 is 0 Å². The fourth-order valence-corrected chi connectivity index (χ4v) is 2.96. The monoisotopic (exact) mass is 331 g/mol. The molecule has 3 rings (SSSR count). The number of para-hydroxylation sites is 1. The molecule has 2 aromatic rings. The number of hydrogen-bond donors (Lipinski definition) is 0. The Labute approximate surface area is 141 Å². The summed E-state index contributed by atoms with van der Waals surface area (Å²) in [5.74, 6) is -0.0754. The van der Waals surface area contributed by atoms with Crippen molar-refractivity contribution >= 4 is 5.91 Å². The molecule has 2 heterocycles. The van der Waals surface area contributed by atoms with Crippen molar-refractivity contribution in [1.82, 2.24) is 14.7 Å². The predicted molar refractivity (Wildman–Crippen MR) is 88.5 cm³/mol. The van der Waals surface area contributed by atoms with Crippen LogP contribution in [-0.4, -0.2) is 39.8 Å². The van der Waals surface area contributed by atoms with Gasteiger partial charge >= 0.3 is 0 Å². The van der Waals surface area contributed by atoms with Crippen LogP contribution in [0.15, 0.2) is 30.3 Å². The molecule has 0 bridgehead atoms. The van der Waals surface area contributed by atoms with Gasteiger partial charge in [-0.05, 0) is 24.6 Å². The number of carbonyl (C=O) groups is 1. The molecule has 1 aromatic carbocycles. The summed E-state index contributed by atoms with van der Waals surface area (Å²) in [7, 11) is 1.79. The lowest BCUT2D eigenvalue weighted by Crippen LogP contribution is -2.42. The number of rotatable bonds is 4. The first-order valence-corrected chi connectivity index (χ1v) is 8.32. The lowest BCUT2D eigenvalue weighted by molar-refractivity contribution is 0.0578. The van der Waals surface area contributed by atoms with E-state index in [0.29, 0.717) is 31.6 Å². The van der Waals surface area contributed by atoms with Crippen LogP contribution < -0.4 is 4.74 Å². The van der Waals surface area contributed by atoms with Crippen LogP contribution in [0.3, 0.4) is 0 Å². The van der Waals surface area contributed by atoms with Gasteiger partial charge in [-0.3, -0.25) is 9.48 Å². The minimum absolute atomic E-state index is 0.00552. The van der Waals surface area contributed by atoms with Crippen LogP contribution in [0.2, 0.25) is 0 Å². The highest BCUT2D eigenvalue weighted by Crippen LogP contribution is 2.22. The maximum absolute atomic E-state index is 13.7. The predicted octanol–water partition coefficient (Wildman–Crippen LogP) is 2.81. The van der Waals surface area contributed by atoms with Gasteiger partial charge in [0.2, 0.25) is 0 Å². The molecule has 1 aliphatic heterocycles. The summed E-state index contributed by atoms with van der Waals surface area (Å²) in [6.07, 6.45) is 2.13. The van der Waals surface area contributed by atoms with Crippen LogP contribution in [0.5, 0.6) is 5.75 Å². The van der Waals surface area contributed by atoms with Gasteiger partial charge in [0, 0.05) is 33.0 Å². The molecule has 0 unspecified atom stereocenters. The molecule has 6 heteroatoms. The third kappa shape index (κ3) is 3.42. The van der Waals surface area contributed by atoms with Gasteiger partial charge in [-0.2, -0.15) is 5.10 Å². The summed E-state index contributed by atoms with van der Waals surface area (Å²) < 4.78 is 21.0. The Morgan fingerprint density at radius 2 is 2.04 bits per heavy atom. The third-order valence-corrected chi connectivity index (χ3v) is 4.37. The van der Waals surface area contributed by atoms with Crippen LogP contribution >= 0.6 is 0 Å². The fraction of sp³-hybridized carbons (Fsp3) is 0.444. The molecular weight excluding hydrogens is 309 g/mol. The van der Waals surface area contributed by atoms with E-state index in [9.17, 15) is 9.18 Å².